The average Bonchev–Trinajstić information content (AvgIpc) is 3.15. The average molecular weight is 491 g/mol. The molecular weight excluding hydrogens is 474 g/mol. The molecule has 0 aliphatic heterocycles. The van der Waals surface area contributed by atoms with Crippen molar-refractivity contribution in [1.29, 1.82) is 0 Å². The smallest absolute Gasteiger partial charge is 0.350 e. The van der Waals surface area contributed by atoms with Crippen LogP contribution in [0.2, 0.25) is 0 Å². The van der Waals surface area contributed by atoms with Crippen molar-refractivity contribution in [2.75, 3.05) is 7.05 Å². The highest BCUT2D eigenvalue weighted by atomic mass is 127. The lowest BCUT2D eigenvalue weighted by Crippen LogP contribution is -2.36. The quantitative estimate of drug-likeness (QED) is 0.381. The van der Waals surface area contributed by atoms with Gasteiger partial charge in [-0.05, 0) is 6.42 Å². The number of alkyl halides is 3. The van der Waals surface area contributed by atoms with Crippen molar-refractivity contribution in [2.45, 2.75) is 32.6 Å². The molecule has 0 saturated carbocycles. The highest BCUT2D eigenvalue weighted by Gasteiger charge is 2.33. The van der Waals surface area contributed by atoms with Gasteiger partial charge in [-0.3, -0.25) is 4.99 Å². The molecule has 0 atom stereocenters. The predicted molar refractivity (Wildman–Crippen MR) is 101 cm³/mol. The second kappa shape index (κ2) is 9.51. The van der Waals surface area contributed by atoms with Crippen LogP contribution in [0.3, 0.4) is 0 Å². The van der Waals surface area contributed by atoms with Crippen LogP contribution >= 0.6 is 46.7 Å². The van der Waals surface area contributed by atoms with Gasteiger partial charge in [0.25, 0.3) is 0 Å². The molecule has 2 aromatic rings. The first kappa shape index (κ1) is 21.1. The zero-order chi connectivity index (χ0) is 16.9. The van der Waals surface area contributed by atoms with Crippen LogP contribution in [0.15, 0.2) is 16.6 Å². The van der Waals surface area contributed by atoms with E-state index in [1.165, 1.54) is 4.88 Å². The molecule has 2 heterocycles. The largest absolute Gasteiger partial charge is 0.434 e. The van der Waals surface area contributed by atoms with Gasteiger partial charge in [-0.1, -0.05) is 6.92 Å². The van der Waals surface area contributed by atoms with Gasteiger partial charge in [-0.2, -0.15) is 13.2 Å². The molecule has 2 aromatic heterocycles. The van der Waals surface area contributed by atoms with E-state index in [1.807, 2.05) is 6.20 Å². The summed E-state index contributed by atoms with van der Waals surface area (Å²) in [5, 5.41) is 8.30. The third kappa shape index (κ3) is 6.16. The fourth-order valence-electron chi connectivity index (χ4n) is 1.65. The lowest BCUT2D eigenvalue weighted by atomic mass is 10.4. The summed E-state index contributed by atoms with van der Waals surface area (Å²) in [6.07, 6.45) is -1.63. The van der Waals surface area contributed by atoms with Crippen molar-refractivity contribution in [3.8, 4) is 0 Å². The molecule has 0 unspecified atom stereocenters. The van der Waals surface area contributed by atoms with Gasteiger partial charge in [0.05, 0.1) is 13.1 Å². The van der Waals surface area contributed by atoms with E-state index in [1.54, 1.807) is 18.4 Å². The number of aliphatic imine (C=N–C) groups is 1. The molecule has 0 amide bonds. The molecule has 0 bridgehead atoms. The number of halogens is 4. The normalized spacial score (nSPS) is 12.0. The predicted octanol–water partition coefficient (Wildman–Crippen LogP) is 3.66. The summed E-state index contributed by atoms with van der Waals surface area (Å²) in [4.78, 5) is 13.1. The maximum Gasteiger partial charge on any atom is 0.434 e. The van der Waals surface area contributed by atoms with E-state index in [-0.39, 0.29) is 30.5 Å². The van der Waals surface area contributed by atoms with Crippen molar-refractivity contribution in [1.82, 2.24) is 20.6 Å². The Morgan fingerprint density at radius 2 is 1.92 bits per heavy atom. The van der Waals surface area contributed by atoms with Gasteiger partial charge in [0.15, 0.2) is 11.7 Å². The number of thiazole rings is 2. The monoisotopic (exact) mass is 491 g/mol. The molecule has 2 rings (SSSR count). The topological polar surface area (TPSA) is 62.2 Å². The number of rotatable bonds is 5. The lowest BCUT2D eigenvalue weighted by Gasteiger charge is -2.09. The van der Waals surface area contributed by atoms with Crippen molar-refractivity contribution in [3.05, 3.63) is 32.2 Å². The highest BCUT2D eigenvalue weighted by molar-refractivity contribution is 14.0. The van der Waals surface area contributed by atoms with Gasteiger partial charge in [0.2, 0.25) is 0 Å². The summed E-state index contributed by atoms with van der Waals surface area (Å²) < 4.78 is 37.5. The van der Waals surface area contributed by atoms with Crippen LogP contribution < -0.4 is 10.6 Å². The number of nitrogens with one attached hydrogen (secondary N) is 2. The first-order valence-corrected chi connectivity index (χ1v) is 8.51. The van der Waals surface area contributed by atoms with Gasteiger partial charge in [0, 0.05) is 23.5 Å². The number of guanidine groups is 1. The SMILES string of the molecule is CCc1cnc(CNC(=NC)NCc2nc(C(F)(F)F)cs2)s1.I. The van der Waals surface area contributed by atoms with E-state index in [9.17, 15) is 13.2 Å². The minimum absolute atomic E-state index is 0. The summed E-state index contributed by atoms with van der Waals surface area (Å²) in [5.41, 5.74) is -0.864. The van der Waals surface area contributed by atoms with Crippen LogP contribution in [0.25, 0.3) is 0 Å². The van der Waals surface area contributed by atoms with Gasteiger partial charge >= 0.3 is 6.18 Å². The van der Waals surface area contributed by atoms with Crippen LogP contribution in [-0.4, -0.2) is 23.0 Å². The Balaban J connectivity index is 0.00000288. The van der Waals surface area contributed by atoms with Crippen molar-refractivity contribution < 1.29 is 13.2 Å². The van der Waals surface area contributed by atoms with E-state index in [4.69, 9.17) is 0 Å². The number of hydrogen-bond donors (Lipinski definition) is 2. The van der Waals surface area contributed by atoms with E-state index < -0.39 is 11.9 Å². The Kier molecular flexibility index (Phi) is 8.36. The lowest BCUT2D eigenvalue weighted by molar-refractivity contribution is -0.140. The summed E-state index contributed by atoms with van der Waals surface area (Å²) in [6, 6.07) is 0. The van der Waals surface area contributed by atoms with Crippen molar-refractivity contribution in [3.63, 3.8) is 0 Å². The summed E-state index contributed by atoms with van der Waals surface area (Å²) in [6.45, 7) is 2.75. The molecular formula is C13H17F3IN5S2. The minimum Gasteiger partial charge on any atom is -0.350 e. The molecule has 0 aliphatic rings. The van der Waals surface area contributed by atoms with Gasteiger partial charge < -0.3 is 10.6 Å². The summed E-state index contributed by atoms with van der Waals surface area (Å²) in [7, 11) is 1.59. The molecule has 0 aliphatic carbocycles. The van der Waals surface area contributed by atoms with E-state index in [0.29, 0.717) is 17.5 Å². The van der Waals surface area contributed by atoms with Gasteiger partial charge in [-0.25, -0.2) is 9.97 Å². The third-order valence-corrected chi connectivity index (χ3v) is 4.82. The molecule has 2 N–H and O–H groups in total. The fourth-order valence-corrected chi connectivity index (χ4v) is 3.20. The van der Waals surface area contributed by atoms with Crippen molar-refractivity contribution >= 4 is 52.6 Å². The Bertz CT molecular complexity index is 669. The van der Waals surface area contributed by atoms with Crippen LogP contribution in [0, 0.1) is 0 Å². The number of nitrogens with zero attached hydrogens (tertiary/aromatic N) is 3. The third-order valence-electron chi connectivity index (χ3n) is 2.83. The van der Waals surface area contributed by atoms with E-state index >= 15 is 0 Å². The number of aromatic nitrogens is 2. The van der Waals surface area contributed by atoms with Gasteiger partial charge in [-0.15, -0.1) is 46.7 Å². The Morgan fingerprint density at radius 1 is 1.25 bits per heavy atom. The molecule has 24 heavy (non-hydrogen) atoms. The minimum atomic E-state index is -4.41. The maximum atomic E-state index is 12.5. The first-order chi connectivity index (χ1) is 10.9. The fraction of sp³-hybridized carbons (Fsp3) is 0.462. The Hall–Kier alpha value is -0.950. The second-order valence-corrected chi connectivity index (χ2v) is 6.62. The zero-order valence-electron chi connectivity index (χ0n) is 13.0. The number of hydrogen-bond acceptors (Lipinski definition) is 5. The van der Waals surface area contributed by atoms with Gasteiger partial charge in [0.1, 0.15) is 10.0 Å². The molecule has 134 valence electrons. The van der Waals surface area contributed by atoms with E-state index in [0.717, 1.165) is 28.1 Å². The molecule has 0 radical (unpaired) electrons. The highest BCUT2D eigenvalue weighted by Crippen LogP contribution is 2.29. The van der Waals surface area contributed by atoms with Crippen LogP contribution in [0.5, 0.6) is 0 Å². The molecule has 11 heteroatoms. The first-order valence-electron chi connectivity index (χ1n) is 6.82. The van der Waals surface area contributed by atoms with Crippen LogP contribution in [0.4, 0.5) is 13.2 Å². The van der Waals surface area contributed by atoms with Crippen LogP contribution in [0.1, 0.15) is 27.5 Å². The summed E-state index contributed by atoms with van der Waals surface area (Å²) in [5.74, 6) is 0.488. The molecule has 0 aromatic carbocycles. The van der Waals surface area contributed by atoms with E-state index in [2.05, 4.69) is 32.5 Å². The Labute approximate surface area is 162 Å². The second-order valence-electron chi connectivity index (χ2n) is 4.48. The standard InChI is InChI=1S/C13H16F3N5S2.HI/c1-3-8-4-18-10(23-8)5-19-12(17-2)20-6-11-21-9(7-22-11)13(14,15)16;/h4,7H,3,5-6H2,1-2H3,(H2,17,19,20);1H. The molecule has 0 spiro atoms. The maximum absolute atomic E-state index is 12.5. The zero-order valence-corrected chi connectivity index (χ0v) is 16.9. The molecule has 0 fully saturated rings. The molecule has 0 saturated heterocycles. The Morgan fingerprint density at radius 3 is 2.42 bits per heavy atom. The van der Waals surface area contributed by atoms with Crippen molar-refractivity contribution in [2.24, 2.45) is 4.99 Å². The van der Waals surface area contributed by atoms with Crippen LogP contribution in [-0.2, 0) is 25.7 Å². The summed E-state index contributed by atoms with van der Waals surface area (Å²) >= 11 is 2.58. The number of aryl methyl sites for hydroxylation is 1. The molecule has 5 nitrogen and oxygen atoms in total.